The Bertz CT molecular complexity index is 227. The van der Waals surface area contributed by atoms with Gasteiger partial charge in [-0.2, -0.15) is 0 Å². The van der Waals surface area contributed by atoms with Gasteiger partial charge in [-0.15, -0.1) is 6.58 Å². The summed E-state index contributed by atoms with van der Waals surface area (Å²) in [7, 11) is 0. The summed E-state index contributed by atoms with van der Waals surface area (Å²) in [5.74, 6) is 0.944. The standard InChI is InChI=1S/C10H16N2O/c1-2-3-10(13)12-5-4-8-6-11-7-9(8)12/h2,8-9,11H,1,3-7H2. The van der Waals surface area contributed by atoms with Crippen LogP contribution in [0.1, 0.15) is 12.8 Å². The number of rotatable bonds is 2. The van der Waals surface area contributed by atoms with E-state index in [9.17, 15) is 4.79 Å². The van der Waals surface area contributed by atoms with Gasteiger partial charge in [0.2, 0.25) is 5.91 Å². The Morgan fingerprint density at radius 1 is 1.62 bits per heavy atom. The van der Waals surface area contributed by atoms with Gasteiger partial charge in [-0.3, -0.25) is 4.79 Å². The second kappa shape index (κ2) is 3.50. The number of fused-ring (bicyclic) bond motifs is 1. The number of likely N-dealkylation sites (tertiary alicyclic amines) is 1. The SMILES string of the molecule is C=CCC(=O)N1CCC2CNCC21. The molecule has 2 atom stereocenters. The predicted octanol–water partition coefficient (Wildman–Crippen LogP) is 0.383. The van der Waals surface area contributed by atoms with Crippen molar-refractivity contribution in [3.63, 3.8) is 0 Å². The maximum atomic E-state index is 11.6. The molecule has 0 bridgehead atoms. The third-order valence-electron chi connectivity index (χ3n) is 3.08. The number of nitrogens with zero attached hydrogens (tertiary/aromatic N) is 1. The van der Waals surface area contributed by atoms with E-state index in [1.165, 1.54) is 6.42 Å². The molecule has 0 aromatic heterocycles. The van der Waals surface area contributed by atoms with Crippen LogP contribution in [0.15, 0.2) is 12.7 Å². The Kier molecular flexibility index (Phi) is 2.36. The zero-order chi connectivity index (χ0) is 9.26. The summed E-state index contributed by atoms with van der Waals surface area (Å²) in [5.41, 5.74) is 0. The van der Waals surface area contributed by atoms with Crippen LogP contribution in [0.2, 0.25) is 0 Å². The maximum absolute atomic E-state index is 11.6. The van der Waals surface area contributed by atoms with Crippen molar-refractivity contribution >= 4 is 5.91 Å². The highest BCUT2D eigenvalue weighted by molar-refractivity contribution is 5.78. The van der Waals surface area contributed by atoms with Gasteiger partial charge in [0.15, 0.2) is 0 Å². The molecule has 72 valence electrons. The molecule has 0 radical (unpaired) electrons. The molecule has 3 nitrogen and oxygen atoms in total. The minimum atomic E-state index is 0.242. The fourth-order valence-electron chi connectivity index (χ4n) is 2.40. The minimum absolute atomic E-state index is 0.242. The van der Waals surface area contributed by atoms with E-state index in [1.54, 1.807) is 6.08 Å². The van der Waals surface area contributed by atoms with Gasteiger partial charge in [0.25, 0.3) is 0 Å². The average molecular weight is 180 g/mol. The van der Waals surface area contributed by atoms with Crippen molar-refractivity contribution in [3.05, 3.63) is 12.7 Å². The van der Waals surface area contributed by atoms with Crippen molar-refractivity contribution in [2.75, 3.05) is 19.6 Å². The summed E-state index contributed by atoms with van der Waals surface area (Å²) in [6.07, 6.45) is 3.35. The first-order chi connectivity index (χ1) is 6.33. The molecule has 0 aromatic carbocycles. The van der Waals surface area contributed by atoms with E-state index in [2.05, 4.69) is 11.9 Å². The molecular formula is C10H16N2O. The number of carbonyl (C=O) groups is 1. The highest BCUT2D eigenvalue weighted by Gasteiger charge is 2.39. The molecule has 2 aliphatic rings. The molecule has 0 saturated carbocycles. The largest absolute Gasteiger partial charge is 0.338 e. The van der Waals surface area contributed by atoms with Crippen LogP contribution in [0.25, 0.3) is 0 Å². The summed E-state index contributed by atoms with van der Waals surface area (Å²) in [4.78, 5) is 13.6. The number of amides is 1. The summed E-state index contributed by atoms with van der Waals surface area (Å²) >= 11 is 0. The Labute approximate surface area is 78.8 Å². The summed E-state index contributed by atoms with van der Waals surface area (Å²) < 4.78 is 0. The van der Waals surface area contributed by atoms with Gasteiger partial charge in [-0.25, -0.2) is 0 Å². The molecular weight excluding hydrogens is 164 g/mol. The van der Waals surface area contributed by atoms with Crippen LogP contribution in [0.5, 0.6) is 0 Å². The van der Waals surface area contributed by atoms with Crippen molar-refractivity contribution in [2.45, 2.75) is 18.9 Å². The van der Waals surface area contributed by atoms with E-state index in [0.29, 0.717) is 18.4 Å². The Morgan fingerprint density at radius 2 is 2.46 bits per heavy atom. The lowest BCUT2D eigenvalue weighted by Gasteiger charge is -2.22. The molecule has 0 aromatic rings. The number of carbonyl (C=O) groups excluding carboxylic acids is 1. The fraction of sp³-hybridized carbons (Fsp3) is 0.700. The second-order valence-corrected chi connectivity index (χ2v) is 3.85. The summed E-state index contributed by atoms with van der Waals surface area (Å²) in [5, 5.41) is 3.33. The van der Waals surface area contributed by atoms with E-state index in [4.69, 9.17) is 0 Å². The number of hydrogen-bond donors (Lipinski definition) is 1. The van der Waals surface area contributed by atoms with Crippen LogP contribution < -0.4 is 5.32 Å². The molecule has 2 heterocycles. The van der Waals surface area contributed by atoms with E-state index in [0.717, 1.165) is 19.6 Å². The fourth-order valence-corrected chi connectivity index (χ4v) is 2.40. The Balaban J connectivity index is 2.00. The third kappa shape index (κ3) is 1.48. The third-order valence-corrected chi connectivity index (χ3v) is 3.08. The number of hydrogen-bond acceptors (Lipinski definition) is 2. The van der Waals surface area contributed by atoms with Gasteiger partial charge in [-0.05, 0) is 12.3 Å². The smallest absolute Gasteiger partial charge is 0.226 e. The first kappa shape index (κ1) is 8.75. The first-order valence-electron chi connectivity index (χ1n) is 4.94. The predicted molar refractivity (Wildman–Crippen MR) is 51.3 cm³/mol. The van der Waals surface area contributed by atoms with Crippen LogP contribution in [0, 0.1) is 5.92 Å². The van der Waals surface area contributed by atoms with Gasteiger partial charge in [0.05, 0.1) is 0 Å². The van der Waals surface area contributed by atoms with Gasteiger partial charge in [0, 0.05) is 32.1 Å². The zero-order valence-electron chi connectivity index (χ0n) is 7.83. The quantitative estimate of drug-likeness (QED) is 0.623. The van der Waals surface area contributed by atoms with Crippen molar-refractivity contribution in [2.24, 2.45) is 5.92 Å². The zero-order valence-corrected chi connectivity index (χ0v) is 7.83. The van der Waals surface area contributed by atoms with Crippen LogP contribution in [-0.2, 0) is 4.79 Å². The lowest BCUT2D eigenvalue weighted by molar-refractivity contribution is -0.131. The lowest BCUT2D eigenvalue weighted by Crippen LogP contribution is -2.38. The molecule has 2 aliphatic heterocycles. The van der Waals surface area contributed by atoms with E-state index in [1.807, 2.05) is 4.90 Å². The highest BCUT2D eigenvalue weighted by atomic mass is 16.2. The Morgan fingerprint density at radius 3 is 3.23 bits per heavy atom. The molecule has 2 fully saturated rings. The molecule has 0 spiro atoms. The second-order valence-electron chi connectivity index (χ2n) is 3.85. The van der Waals surface area contributed by atoms with Crippen LogP contribution in [0.3, 0.4) is 0 Å². The van der Waals surface area contributed by atoms with Crippen molar-refractivity contribution in [3.8, 4) is 0 Å². The van der Waals surface area contributed by atoms with Crippen LogP contribution >= 0.6 is 0 Å². The molecule has 2 rings (SSSR count). The van der Waals surface area contributed by atoms with Crippen molar-refractivity contribution < 1.29 is 4.79 Å². The van der Waals surface area contributed by atoms with E-state index in [-0.39, 0.29) is 5.91 Å². The molecule has 13 heavy (non-hydrogen) atoms. The maximum Gasteiger partial charge on any atom is 0.226 e. The number of nitrogens with one attached hydrogen (secondary N) is 1. The van der Waals surface area contributed by atoms with Crippen molar-refractivity contribution in [1.29, 1.82) is 0 Å². The highest BCUT2D eigenvalue weighted by Crippen LogP contribution is 2.27. The first-order valence-corrected chi connectivity index (χ1v) is 4.94. The molecule has 0 aliphatic carbocycles. The average Bonchev–Trinajstić information content (AvgIpc) is 2.62. The molecule has 1 N–H and O–H groups in total. The topological polar surface area (TPSA) is 32.3 Å². The van der Waals surface area contributed by atoms with Crippen molar-refractivity contribution in [1.82, 2.24) is 10.2 Å². The summed E-state index contributed by atoms with van der Waals surface area (Å²) in [6.45, 7) is 6.61. The van der Waals surface area contributed by atoms with Gasteiger partial charge in [-0.1, -0.05) is 6.08 Å². The van der Waals surface area contributed by atoms with Gasteiger partial charge in [0.1, 0.15) is 0 Å². The van der Waals surface area contributed by atoms with Crippen LogP contribution in [0.4, 0.5) is 0 Å². The molecule has 2 unspecified atom stereocenters. The van der Waals surface area contributed by atoms with Gasteiger partial charge >= 0.3 is 0 Å². The lowest BCUT2D eigenvalue weighted by atomic mass is 10.1. The summed E-state index contributed by atoms with van der Waals surface area (Å²) in [6, 6.07) is 0.465. The molecule has 1 amide bonds. The molecule has 3 heteroatoms. The normalized spacial score (nSPS) is 31.8. The van der Waals surface area contributed by atoms with E-state index >= 15 is 0 Å². The van der Waals surface area contributed by atoms with Crippen LogP contribution in [-0.4, -0.2) is 36.5 Å². The monoisotopic (exact) mass is 180 g/mol. The minimum Gasteiger partial charge on any atom is -0.338 e. The van der Waals surface area contributed by atoms with Gasteiger partial charge < -0.3 is 10.2 Å². The Hall–Kier alpha value is -0.830. The van der Waals surface area contributed by atoms with E-state index < -0.39 is 0 Å². The molecule has 2 saturated heterocycles.